The highest BCUT2D eigenvalue weighted by Crippen LogP contribution is 2.40. The van der Waals surface area contributed by atoms with Crippen LogP contribution in [-0.2, 0) is 0 Å². The van der Waals surface area contributed by atoms with Gasteiger partial charge in [0.05, 0.1) is 40.2 Å². The molecule has 0 spiro atoms. The van der Waals surface area contributed by atoms with Gasteiger partial charge < -0.3 is 23.4 Å². The van der Waals surface area contributed by atoms with Crippen LogP contribution in [0.1, 0.15) is 34.1 Å². The van der Waals surface area contributed by atoms with Crippen LogP contribution in [0.15, 0.2) is 62.7 Å². The Hall–Kier alpha value is -3.46. The molecule has 172 valence electrons. The molecule has 9 heteroatoms. The molecule has 0 bridgehead atoms. The predicted octanol–water partition coefficient (Wildman–Crippen LogP) is 5.07. The summed E-state index contributed by atoms with van der Waals surface area (Å²) in [5.41, 5.74) is 2.32. The molecule has 1 aromatic heterocycles. The Balaban J connectivity index is 1.78. The average Bonchev–Trinajstić information content (AvgIpc) is 3.49. The molecular weight excluding hydrogens is 492 g/mol. The van der Waals surface area contributed by atoms with E-state index in [0.717, 1.165) is 11.1 Å². The summed E-state index contributed by atoms with van der Waals surface area (Å²) < 4.78 is 27.7. The van der Waals surface area contributed by atoms with Crippen LogP contribution in [0.3, 0.4) is 0 Å². The van der Waals surface area contributed by atoms with Crippen molar-refractivity contribution in [1.82, 2.24) is 5.01 Å². The van der Waals surface area contributed by atoms with Crippen LogP contribution in [0, 0.1) is 0 Å². The topological polar surface area (TPSA) is 82.7 Å². The molecular formula is C24H23BrN2O6. The number of ether oxygens (including phenoxy) is 4. The van der Waals surface area contributed by atoms with Gasteiger partial charge in [0.15, 0.2) is 21.9 Å². The summed E-state index contributed by atoms with van der Waals surface area (Å²) in [4.78, 5) is 13.4. The first-order valence-corrected chi connectivity index (χ1v) is 10.9. The number of amides is 1. The lowest BCUT2D eigenvalue weighted by Gasteiger charge is -2.22. The normalized spacial score (nSPS) is 15.2. The van der Waals surface area contributed by atoms with Crippen LogP contribution in [0.25, 0.3) is 0 Å². The van der Waals surface area contributed by atoms with Crippen molar-refractivity contribution in [3.63, 3.8) is 0 Å². The Labute approximate surface area is 199 Å². The third-order valence-electron chi connectivity index (χ3n) is 5.41. The van der Waals surface area contributed by atoms with Gasteiger partial charge in [-0.2, -0.15) is 5.10 Å². The highest BCUT2D eigenvalue weighted by atomic mass is 79.9. The zero-order valence-electron chi connectivity index (χ0n) is 18.6. The van der Waals surface area contributed by atoms with Gasteiger partial charge in [0.2, 0.25) is 0 Å². The molecule has 0 saturated carbocycles. The van der Waals surface area contributed by atoms with E-state index < -0.39 is 0 Å². The number of rotatable bonds is 7. The zero-order valence-corrected chi connectivity index (χ0v) is 20.2. The molecule has 8 nitrogen and oxygen atoms in total. The average molecular weight is 515 g/mol. The standard InChI is InChI=1S/C24H23BrN2O6/c1-29-15-6-7-16(21(12-15)31-3)17-13-18(14-5-8-19(30-2)22(11-14)32-4)27(26-17)24(28)20-9-10-23(25)33-20/h5-12,18H,13H2,1-4H3/t18-/m1/s1. The number of nitrogens with zero attached hydrogens (tertiary/aromatic N) is 2. The van der Waals surface area contributed by atoms with E-state index in [2.05, 4.69) is 15.9 Å². The number of carbonyl (C=O) groups is 1. The van der Waals surface area contributed by atoms with Crippen molar-refractivity contribution < 1.29 is 28.2 Å². The minimum atomic E-state index is -0.386. The molecule has 1 amide bonds. The van der Waals surface area contributed by atoms with Gasteiger partial charge in [-0.05, 0) is 57.9 Å². The van der Waals surface area contributed by atoms with Gasteiger partial charge in [0.1, 0.15) is 11.5 Å². The molecule has 0 saturated heterocycles. The molecule has 1 aliphatic heterocycles. The van der Waals surface area contributed by atoms with Gasteiger partial charge in [-0.25, -0.2) is 5.01 Å². The number of hydrazone groups is 1. The highest BCUT2D eigenvalue weighted by molar-refractivity contribution is 9.10. The van der Waals surface area contributed by atoms with Crippen molar-refractivity contribution in [3.05, 3.63) is 70.1 Å². The minimum Gasteiger partial charge on any atom is -0.497 e. The molecule has 1 atom stereocenters. The summed E-state index contributed by atoms with van der Waals surface area (Å²) in [5, 5.41) is 6.13. The van der Waals surface area contributed by atoms with E-state index in [1.807, 2.05) is 30.3 Å². The SMILES string of the molecule is COc1ccc(C2=NN(C(=O)c3ccc(Br)o3)[C@@H](c3ccc(OC)c(OC)c3)C2)c(OC)c1. The molecule has 0 N–H and O–H groups in total. The molecule has 2 aromatic carbocycles. The maximum absolute atomic E-state index is 13.4. The maximum Gasteiger partial charge on any atom is 0.310 e. The van der Waals surface area contributed by atoms with E-state index in [0.29, 0.717) is 39.8 Å². The summed E-state index contributed by atoms with van der Waals surface area (Å²) in [6.07, 6.45) is 0.464. The summed E-state index contributed by atoms with van der Waals surface area (Å²) in [6.45, 7) is 0. The first kappa shape index (κ1) is 22.7. The third-order valence-corrected chi connectivity index (χ3v) is 5.84. The first-order valence-electron chi connectivity index (χ1n) is 10.1. The maximum atomic E-state index is 13.4. The monoisotopic (exact) mass is 514 g/mol. The summed E-state index contributed by atoms with van der Waals surface area (Å²) in [5.74, 6) is 2.26. The van der Waals surface area contributed by atoms with E-state index in [1.54, 1.807) is 46.6 Å². The van der Waals surface area contributed by atoms with Crippen molar-refractivity contribution in [1.29, 1.82) is 0 Å². The lowest BCUT2D eigenvalue weighted by molar-refractivity contribution is 0.0677. The number of hydrogen-bond acceptors (Lipinski definition) is 7. The fraction of sp³-hybridized carbons (Fsp3) is 0.250. The van der Waals surface area contributed by atoms with Gasteiger partial charge in [0.25, 0.3) is 0 Å². The van der Waals surface area contributed by atoms with Crippen LogP contribution < -0.4 is 18.9 Å². The van der Waals surface area contributed by atoms with Crippen molar-refractivity contribution in [2.45, 2.75) is 12.5 Å². The molecule has 1 aliphatic rings. The van der Waals surface area contributed by atoms with Gasteiger partial charge in [-0.1, -0.05) is 6.07 Å². The number of furan rings is 1. The molecule has 0 unspecified atom stereocenters. The Kier molecular flexibility index (Phi) is 6.60. The van der Waals surface area contributed by atoms with Crippen LogP contribution in [-0.4, -0.2) is 45.1 Å². The molecule has 0 fully saturated rings. The zero-order chi connectivity index (χ0) is 23.5. The quantitative estimate of drug-likeness (QED) is 0.437. The lowest BCUT2D eigenvalue weighted by atomic mass is 9.97. The summed E-state index contributed by atoms with van der Waals surface area (Å²) in [7, 11) is 6.33. The molecule has 0 radical (unpaired) electrons. The number of methoxy groups -OCH3 is 4. The van der Waals surface area contributed by atoms with E-state index >= 15 is 0 Å². The number of halogens is 1. The first-order chi connectivity index (χ1) is 16.0. The van der Waals surface area contributed by atoms with Crippen LogP contribution >= 0.6 is 15.9 Å². The molecule has 4 rings (SSSR count). The highest BCUT2D eigenvalue weighted by Gasteiger charge is 2.36. The van der Waals surface area contributed by atoms with E-state index in [1.165, 1.54) is 5.01 Å². The van der Waals surface area contributed by atoms with Crippen molar-refractivity contribution in [2.24, 2.45) is 5.10 Å². The van der Waals surface area contributed by atoms with Crippen LogP contribution in [0.5, 0.6) is 23.0 Å². The van der Waals surface area contributed by atoms with Crippen LogP contribution in [0.2, 0.25) is 0 Å². The van der Waals surface area contributed by atoms with Crippen molar-refractivity contribution >= 4 is 27.5 Å². The molecule has 2 heterocycles. The molecule has 33 heavy (non-hydrogen) atoms. The Morgan fingerprint density at radius 3 is 2.33 bits per heavy atom. The van der Waals surface area contributed by atoms with Gasteiger partial charge >= 0.3 is 5.91 Å². The van der Waals surface area contributed by atoms with E-state index in [-0.39, 0.29) is 17.7 Å². The number of benzene rings is 2. The second-order valence-electron chi connectivity index (χ2n) is 7.20. The second kappa shape index (κ2) is 9.58. The van der Waals surface area contributed by atoms with Crippen molar-refractivity contribution in [3.8, 4) is 23.0 Å². The lowest BCUT2D eigenvalue weighted by Crippen LogP contribution is -2.26. The van der Waals surface area contributed by atoms with Gasteiger partial charge in [0, 0.05) is 18.1 Å². The summed E-state index contributed by atoms with van der Waals surface area (Å²) in [6, 6.07) is 14.0. The largest absolute Gasteiger partial charge is 0.497 e. The van der Waals surface area contributed by atoms with Gasteiger partial charge in [-0.15, -0.1) is 0 Å². The summed E-state index contributed by atoms with van der Waals surface area (Å²) >= 11 is 3.25. The Morgan fingerprint density at radius 2 is 1.70 bits per heavy atom. The van der Waals surface area contributed by atoms with Crippen LogP contribution in [0.4, 0.5) is 0 Å². The smallest absolute Gasteiger partial charge is 0.310 e. The number of hydrogen-bond donors (Lipinski definition) is 0. The van der Waals surface area contributed by atoms with Crippen molar-refractivity contribution in [2.75, 3.05) is 28.4 Å². The molecule has 3 aromatic rings. The fourth-order valence-corrected chi connectivity index (χ4v) is 4.07. The fourth-order valence-electron chi connectivity index (χ4n) is 3.76. The van der Waals surface area contributed by atoms with Gasteiger partial charge in [-0.3, -0.25) is 4.79 Å². The predicted molar refractivity (Wildman–Crippen MR) is 126 cm³/mol. The second-order valence-corrected chi connectivity index (χ2v) is 7.98. The van der Waals surface area contributed by atoms with E-state index in [4.69, 9.17) is 28.5 Å². The minimum absolute atomic E-state index is 0.180. The Morgan fingerprint density at radius 1 is 0.939 bits per heavy atom. The molecule has 0 aliphatic carbocycles. The Bertz CT molecular complexity index is 1210. The number of carbonyl (C=O) groups excluding carboxylic acids is 1. The third kappa shape index (κ3) is 4.41. The van der Waals surface area contributed by atoms with E-state index in [9.17, 15) is 4.79 Å².